The maximum Gasteiger partial charge on any atom is 0.336 e. The van der Waals surface area contributed by atoms with Crippen molar-refractivity contribution in [3.8, 4) is 11.5 Å². The fourth-order valence-corrected chi connectivity index (χ4v) is 2.77. The molecule has 0 aliphatic carbocycles. The van der Waals surface area contributed by atoms with Crippen LogP contribution in [0.1, 0.15) is 30.6 Å². The number of carboxylic acid groups (broad SMARTS) is 1. The van der Waals surface area contributed by atoms with Crippen LogP contribution in [0.5, 0.6) is 11.5 Å². The predicted molar refractivity (Wildman–Crippen MR) is 105 cm³/mol. The van der Waals surface area contributed by atoms with E-state index < -0.39 is 11.6 Å². The van der Waals surface area contributed by atoms with E-state index in [0.717, 1.165) is 5.39 Å². The molecule has 7 heteroatoms. The van der Waals surface area contributed by atoms with Gasteiger partial charge < -0.3 is 20.3 Å². The maximum atomic E-state index is 11.9. The summed E-state index contributed by atoms with van der Waals surface area (Å²) in [5, 5.41) is 23.0. The Hall–Kier alpha value is -3.45. The van der Waals surface area contributed by atoms with Crippen molar-refractivity contribution in [1.82, 2.24) is 4.98 Å². The number of aromatic carboxylic acids is 1. The first-order valence-electron chi connectivity index (χ1n) is 8.63. The Balaban J connectivity index is 1.79. The molecule has 2 aromatic carbocycles. The Morgan fingerprint density at radius 2 is 1.86 bits per heavy atom. The SMILES string of the molecule is CC(C)(O)CC(=O)Nc1cc(Oc2ccc3c(C(=O)O)cccc3c2)ccn1. The van der Waals surface area contributed by atoms with Gasteiger partial charge in [0, 0.05) is 12.3 Å². The standard InChI is InChI=1S/C21H20N2O5/c1-21(2,27)12-19(24)23-18-11-15(8-9-22-18)28-14-6-7-16-13(10-14)4-3-5-17(16)20(25)26/h3-11,27H,12H2,1-2H3,(H,25,26)(H,22,23,24). The van der Waals surface area contributed by atoms with E-state index in [2.05, 4.69) is 10.3 Å². The van der Waals surface area contributed by atoms with Crippen LogP contribution < -0.4 is 10.1 Å². The lowest BCUT2D eigenvalue weighted by Gasteiger charge is -2.16. The van der Waals surface area contributed by atoms with Crippen molar-refractivity contribution >= 4 is 28.5 Å². The molecule has 144 valence electrons. The van der Waals surface area contributed by atoms with Crippen LogP contribution in [0, 0.1) is 0 Å². The fraction of sp³-hybridized carbons (Fsp3) is 0.190. The van der Waals surface area contributed by atoms with Gasteiger partial charge in [0.25, 0.3) is 0 Å². The van der Waals surface area contributed by atoms with Crippen LogP contribution in [-0.4, -0.2) is 32.7 Å². The van der Waals surface area contributed by atoms with Gasteiger partial charge in [0.1, 0.15) is 17.3 Å². The highest BCUT2D eigenvalue weighted by molar-refractivity contribution is 6.03. The molecule has 0 atom stereocenters. The summed E-state index contributed by atoms with van der Waals surface area (Å²) < 4.78 is 5.82. The van der Waals surface area contributed by atoms with Crippen LogP contribution in [0.25, 0.3) is 10.8 Å². The van der Waals surface area contributed by atoms with Crippen LogP contribution in [0.15, 0.2) is 54.7 Å². The number of amides is 1. The first-order chi connectivity index (χ1) is 13.2. The zero-order valence-electron chi connectivity index (χ0n) is 15.5. The molecule has 1 aromatic heterocycles. The lowest BCUT2D eigenvalue weighted by molar-refractivity contribution is -0.119. The quantitative estimate of drug-likeness (QED) is 0.600. The molecule has 1 heterocycles. The molecule has 0 bridgehead atoms. The van der Waals surface area contributed by atoms with Gasteiger partial charge in [0.15, 0.2) is 0 Å². The molecule has 0 aliphatic heterocycles. The van der Waals surface area contributed by atoms with Gasteiger partial charge in [0.05, 0.1) is 17.6 Å². The number of hydrogen-bond donors (Lipinski definition) is 3. The number of ether oxygens (including phenoxy) is 1. The number of carbonyl (C=O) groups is 2. The summed E-state index contributed by atoms with van der Waals surface area (Å²) in [6.07, 6.45) is 1.44. The van der Waals surface area contributed by atoms with Crippen LogP contribution in [0.2, 0.25) is 0 Å². The molecule has 0 spiro atoms. The summed E-state index contributed by atoms with van der Waals surface area (Å²) in [7, 11) is 0. The van der Waals surface area contributed by atoms with Gasteiger partial charge in [-0.05, 0) is 55.0 Å². The Kier molecular flexibility index (Phi) is 5.28. The number of carboxylic acids is 1. The average molecular weight is 380 g/mol. The molecular weight excluding hydrogens is 360 g/mol. The second kappa shape index (κ2) is 7.66. The number of nitrogens with zero attached hydrogens (tertiary/aromatic N) is 1. The number of nitrogens with one attached hydrogen (secondary N) is 1. The molecule has 0 aliphatic rings. The number of pyridine rings is 1. The van der Waals surface area contributed by atoms with Crippen LogP contribution in [-0.2, 0) is 4.79 Å². The Morgan fingerprint density at radius 3 is 2.57 bits per heavy atom. The summed E-state index contributed by atoms with van der Waals surface area (Å²) in [5.74, 6) is -0.0538. The molecule has 0 saturated heterocycles. The van der Waals surface area contributed by atoms with E-state index in [0.29, 0.717) is 22.7 Å². The van der Waals surface area contributed by atoms with Crippen molar-refractivity contribution < 1.29 is 24.5 Å². The zero-order chi connectivity index (χ0) is 20.3. The van der Waals surface area contributed by atoms with E-state index >= 15 is 0 Å². The summed E-state index contributed by atoms with van der Waals surface area (Å²) >= 11 is 0. The highest BCUT2D eigenvalue weighted by Crippen LogP contribution is 2.28. The van der Waals surface area contributed by atoms with E-state index in [1.807, 2.05) is 6.07 Å². The van der Waals surface area contributed by atoms with Gasteiger partial charge in [-0.1, -0.05) is 12.1 Å². The van der Waals surface area contributed by atoms with Gasteiger partial charge in [-0.25, -0.2) is 9.78 Å². The topological polar surface area (TPSA) is 109 Å². The highest BCUT2D eigenvalue weighted by Gasteiger charge is 2.18. The monoisotopic (exact) mass is 380 g/mol. The smallest absolute Gasteiger partial charge is 0.336 e. The van der Waals surface area contributed by atoms with Gasteiger partial charge in [-0.2, -0.15) is 0 Å². The minimum Gasteiger partial charge on any atom is -0.478 e. The van der Waals surface area contributed by atoms with Crippen molar-refractivity contribution in [2.45, 2.75) is 25.9 Å². The number of anilines is 1. The zero-order valence-corrected chi connectivity index (χ0v) is 15.5. The third kappa shape index (κ3) is 4.83. The molecule has 7 nitrogen and oxygen atoms in total. The first kappa shape index (κ1) is 19.3. The van der Waals surface area contributed by atoms with Crippen LogP contribution >= 0.6 is 0 Å². The van der Waals surface area contributed by atoms with E-state index in [9.17, 15) is 19.8 Å². The fourth-order valence-electron chi connectivity index (χ4n) is 2.77. The minimum atomic E-state index is -1.11. The average Bonchev–Trinajstić information content (AvgIpc) is 2.59. The van der Waals surface area contributed by atoms with Gasteiger partial charge >= 0.3 is 5.97 Å². The summed E-state index contributed by atoms with van der Waals surface area (Å²) in [5.41, 5.74) is -0.886. The lowest BCUT2D eigenvalue weighted by atomic mass is 10.0. The number of fused-ring (bicyclic) bond motifs is 1. The van der Waals surface area contributed by atoms with E-state index in [1.165, 1.54) is 6.20 Å². The van der Waals surface area contributed by atoms with Crippen LogP contribution in [0.3, 0.4) is 0 Å². The molecule has 0 saturated carbocycles. The third-order valence-electron chi connectivity index (χ3n) is 3.91. The highest BCUT2D eigenvalue weighted by atomic mass is 16.5. The number of carbonyl (C=O) groups excluding carboxylic acids is 1. The Morgan fingerprint density at radius 1 is 1.11 bits per heavy atom. The molecule has 3 N–H and O–H groups in total. The second-order valence-corrected chi connectivity index (χ2v) is 7.01. The Bertz CT molecular complexity index is 1040. The molecule has 0 radical (unpaired) electrons. The summed E-state index contributed by atoms with van der Waals surface area (Å²) in [6.45, 7) is 3.10. The number of rotatable bonds is 6. The summed E-state index contributed by atoms with van der Waals surface area (Å²) in [6, 6.07) is 13.4. The van der Waals surface area contributed by atoms with Gasteiger partial charge in [0.2, 0.25) is 5.91 Å². The van der Waals surface area contributed by atoms with Crippen molar-refractivity contribution in [2.24, 2.45) is 0 Å². The molecule has 28 heavy (non-hydrogen) atoms. The maximum absolute atomic E-state index is 11.9. The molecular formula is C21H20N2O5. The van der Waals surface area contributed by atoms with Gasteiger partial charge in [-0.15, -0.1) is 0 Å². The van der Waals surface area contributed by atoms with E-state index in [-0.39, 0.29) is 17.9 Å². The molecule has 3 aromatic rings. The van der Waals surface area contributed by atoms with Crippen molar-refractivity contribution in [1.29, 1.82) is 0 Å². The van der Waals surface area contributed by atoms with Gasteiger partial charge in [-0.3, -0.25) is 4.79 Å². The minimum absolute atomic E-state index is 0.0592. The van der Waals surface area contributed by atoms with Crippen molar-refractivity contribution in [2.75, 3.05) is 5.32 Å². The largest absolute Gasteiger partial charge is 0.478 e. The predicted octanol–water partition coefficient (Wildman–Crippen LogP) is 3.82. The number of hydrogen-bond acceptors (Lipinski definition) is 5. The normalized spacial score (nSPS) is 11.2. The van der Waals surface area contributed by atoms with Crippen LogP contribution in [0.4, 0.5) is 5.82 Å². The molecule has 0 unspecified atom stereocenters. The number of benzene rings is 2. The molecule has 3 rings (SSSR count). The van der Waals surface area contributed by atoms with Crippen molar-refractivity contribution in [3.63, 3.8) is 0 Å². The van der Waals surface area contributed by atoms with E-state index in [4.69, 9.17) is 4.74 Å². The second-order valence-electron chi connectivity index (χ2n) is 7.01. The Labute approximate surface area is 161 Å². The summed E-state index contributed by atoms with van der Waals surface area (Å²) in [4.78, 5) is 27.3. The molecule has 0 fully saturated rings. The number of aliphatic hydroxyl groups is 1. The first-order valence-corrected chi connectivity index (χ1v) is 8.63. The van der Waals surface area contributed by atoms with E-state index in [1.54, 1.807) is 56.3 Å². The lowest BCUT2D eigenvalue weighted by Crippen LogP contribution is -2.27. The third-order valence-corrected chi connectivity index (χ3v) is 3.91. The van der Waals surface area contributed by atoms with Crippen molar-refractivity contribution in [3.05, 3.63) is 60.3 Å². The molecule has 1 amide bonds. The number of aromatic nitrogens is 1.